The van der Waals surface area contributed by atoms with Gasteiger partial charge >= 0.3 is 5.97 Å². The van der Waals surface area contributed by atoms with E-state index in [0.29, 0.717) is 35.6 Å². The molecule has 0 amide bonds. The summed E-state index contributed by atoms with van der Waals surface area (Å²) in [6.07, 6.45) is 9.25. The fourth-order valence-corrected chi connectivity index (χ4v) is 8.69. The van der Waals surface area contributed by atoms with Crippen LogP contribution in [0.4, 0.5) is 11.8 Å². The lowest BCUT2D eigenvalue weighted by molar-refractivity contribution is -0.146. The number of aromatic amines is 1. The van der Waals surface area contributed by atoms with Crippen molar-refractivity contribution < 1.29 is 19.2 Å². The van der Waals surface area contributed by atoms with Crippen LogP contribution in [0.1, 0.15) is 93.8 Å². The number of carbonyl (C=O) groups excluding carboxylic acids is 1. The zero-order valence-electron chi connectivity index (χ0n) is 31.0. The summed E-state index contributed by atoms with van der Waals surface area (Å²) in [5.74, 6) is 2.14. The van der Waals surface area contributed by atoms with Gasteiger partial charge in [0.25, 0.3) is 0 Å². The quantitative estimate of drug-likeness (QED) is 0.163. The van der Waals surface area contributed by atoms with Crippen LogP contribution < -0.4 is 9.80 Å². The van der Waals surface area contributed by atoms with Gasteiger partial charge in [-0.1, -0.05) is 31.1 Å². The molecule has 2 fully saturated rings. The van der Waals surface area contributed by atoms with Gasteiger partial charge in [-0.15, -0.1) is 10.2 Å². The van der Waals surface area contributed by atoms with Gasteiger partial charge in [0, 0.05) is 72.8 Å². The van der Waals surface area contributed by atoms with E-state index in [9.17, 15) is 9.90 Å². The van der Waals surface area contributed by atoms with Gasteiger partial charge in [0.2, 0.25) is 5.95 Å². The van der Waals surface area contributed by atoms with Crippen molar-refractivity contribution in [2.45, 2.75) is 83.7 Å². The lowest BCUT2D eigenvalue weighted by Gasteiger charge is -2.41. The van der Waals surface area contributed by atoms with Crippen molar-refractivity contribution in [1.29, 1.82) is 0 Å². The number of para-hydroxylation sites is 1. The number of hydrogen-bond donors (Lipinski definition) is 2. The maximum Gasteiger partial charge on any atom is 0.317 e. The molecule has 7 heterocycles. The Bertz CT molecular complexity index is 2040. The average molecular weight is 720 g/mol. The Morgan fingerprint density at radius 2 is 1.77 bits per heavy atom. The number of rotatable bonds is 9. The van der Waals surface area contributed by atoms with E-state index in [1.807, 2.05) is 57.4 Å². The third-order valence-electron chi connectivity index (χ3n) is 11.6. The average Bonchev–Trinajstić information content (AvgIpc) is 3.81. The van der Waals surface area contributed by atoms with E-state index >= 15 is 0 Å². The highest BCUT2D eigenvalue weighted by Gasteiger charge is 2.34. The Kier molecular flexibility index (Phi) is 9.76. The van der Waals surface area contributed by atoms with Crippen LogP contribution >= 0.6 is 0 Å². The van der Waals surface area contributed by atoms with Crippen LogP contribution in [0.25, 0.3) is 22.3 Å². The lowest BCUT2D eigenvalue weighted by atomic mass is 9.89. The Hall–Kier alpha value is -5.04. The number of likely N-dealkylation sites (tertiary alicyclic amines) is 1. The van der Waals surface area contributed by atoms with Crippen molar-refractivity contribution in [1.82, 2.24) is 35.2 Å². The van der Waals surface area contributed by atoms with Gasteiger partial charge in [-0.25, -0.2) is 9.97 Å². The van der Waals surface area contributed by atoms with E-state index < -0.39 is 5.92 Å². The zero-order chi connectivity index (χ0) is 36.6. The van der Waals surface area contributed by atoms with E-state index in [2.05, 4.69) is 42.0 Å². The molecule has 3 aliphatic heterocycles. The summed E-state index contributed by atoms with van der Waals surface area (Å²) in [7, 11) is 0. The van der Waals surface area contributed by atoms with Gasteiger partial charge in [0.15, 0.2) is 17.2 Å². The number of fused-ring (bicyclic) bond motifs is 3. The smallest absolute Gasteiger partial charge is 0.317 e. The number of phenols is 1. The normalized spacial score (nSPS) is 19.5. The summed E-state index contributed by atoms with van der Waals surface area (Å²) < 4.78 is 11.0. The molecule has 5 aromatic rings. The fourth-order valence-electron chi connectivity index (χ4n) is 8.69. The van der Waals surface area contributed by atoms with Crippen molar-refractivity contribution in [2.24, 2.45) is 5.92 Å². The molecule has 8 rings (SSSR count). The van der Waals surface area contributed by atoms with Crippen LogP contribution in [0.5, 0.6) is 5.75 Å². The number of phenolic OH excluding ortho intramolecular Hbond substituents is 1. The maximum atomic E-state index is 12.6. The number of piperidine rings is 2. The molecular weight excluding hydrogens is 670 g/mol. The maximum absolute atomic E-state index is 12.6. The number of carbonyl (C=O) groups is 1. The van der Waals surface area contributed by atoms with Gasteiger partial charge in [0.1, 0.15) is 11.7 Å². The molecule has 3 aliphatic rings. The van der Waals surface area contributed by atoms with E-state index in [-0.39, 0.29) is 23.7 Å². The number of esters is 1. The molecule has 1 aromatic carbocycles. The van der Waals surface area contributed by atoms with E-state index in [0.717, 1.165) is 87.6 Å². The number of benzene rings is 1. The van der Waals surface area contributed by atoms with Gasteiger partial charge in [-0.2, -0.15) is 0 Å². The van der Waals surface area contributed by atoms with Crippen molar-refractivity contribution in [3.8, 4) is 17.0 Å². The van der Waals surface area contributed by atoms with Crippen LogP contribution in [0.2, 0.25) is 0 Å². The molecule has 2 atom stereocenters. The number of anilines is 2. The molecule has 2 N–H and O–H groups in total. The van der Waals surface area contributed by atoms with Gasteiger partial charge in [-0.05, 0) is 88.2 Å². The summed E-state index contributed by atoms with van der Waals surface area (Å²) in [5, 5.41) is 24.7. The Labute approximate surface area is 309 Å². The fraction of sp³-hybridized carbons (Fsp3) is 0.500. The molecule has 0 spiro atoms. The highest BCUT2D eigenvalue weighted by Crippen LogP contribution is 2.39. The van der Waals surface area contributed by atoms with Crippen molar-refractivity contribution in [2.75, 3.05) is 49.1 Å². The third kappa shape index (κ3) is 6.82. The first-order valence-corrected chi connectivity index (χ1v) is 19.2. The molecule has 1 unspecified atom stereocenters. The molecule has 0 aliphatic carbocycles. The molecule has 2 saturated heterocycles. The number of nitrogens with zero attached hydrogens (tertiary/aromatic N) is 8. The molecule has 4 aromatic heterocycles. The Morgan fingerprint density at radius 1 is 1.02 bits per heavy atom. The second kappa shape index (κ2) is 14.8. The molecular formula is C40H49N9O4. The summed E-state index contributed by atoms with van der Waals surface area (Å²) in [6.45, 7) is 13.1. The number of aromatic nitrogens is 6. The number of nitrogens with one attached hydrogen (secondary N) is 1. The van der Waals surface area contributed by atoms with Gasteiger partial charge < -0.3 is 34.1 Å². The van der Waals surface area contributed by atoms with E-state index in [1.54, 1.807) is 12.1 Å². The topological polar surface area (TPSA) is 150 Å². The van der Waals surface area contributed by atoms with Crippen LogP contribution in [0, 0.1) is 5.92 Å². The monoisotopic (exact) mass is 719 g/mol. The van der Waals surface area contributed by atoms with Crippen molar-refractivity contribution in [3.63, 3.8) is 0 Å². The molecule has 0 saturated carbocycles. The summed E-state index contributed by atoms with van der Waals surface area (Å²) in [4.78, 5) is 33.1. The zero-order valence-corrected chi connectivity index (χ0v) is 31.0. The van der Waals surface area contributed by atoms with Crippen LogP contribution in [-0.4, -0.2) is 91.7 Å². The SMILES string of the molecule is CCOC(=O)C(c1cc(N2CCC(N3CCC(c4cnc(N5CCc6[nH]c7nnc(-c8ccccc8O)cc7c6[C@@H]5C)nc4)CC3)CC2)no1)C(C)C. The standard InChI is InChI=1S/C40H49N9O4/c1-5-52-39(51)36(24(2)3)34-21-35(46-53-34)48-17-12-28(13-18-48)47-15-10-26(11-16-47)27-22-41-40(42-23-27)49-19-14-31-37(25(49)4)30-20-32(44-45-38(30)43-31)29-8-6-7-9-33(29)50/h6-9,20-26,28,36,50H,5,10-19H2,1-4H3,(H,43,45)/t25-,36?/m0/s1. The third-order valence-corrected chi connectivity index (χ3v) is 11.6. The first-order valence-electron chi connectivity index (χ1n) is 19.2. The van der Waals surface area contributed by atoms with Crippen LogP contribution in [-0.2, 0) is 16.0 Å². The van der Waals surface area contributed by atoms with Crippen molar-refractivity contribution >= 4 is 28.8 Å². The molecule has 13 nitrogen and oxygen atoms in total. The first kappa shape index (κ1) is 35.0. The van der Waals surface area contributed by atoms with Crippen molar-refractivity contribution in [3.05, 3.63) is 71.4 Å². The number of hydrogen-bond acceptors (Lipinski definition) is 12. The first-order chi connectivity index (χ1) is 25.8. The number of ether oxygens (including phenoxy) is 1. The number of aromatic hydroxyl groups is 1. The summed E-state index contributed by atoms with van der Waals surface area (Å²) >= 11 is 0. The predicted octanol–water partition coefficient (Wildman–Crippen LogP) is 6.38. The second-order valence-electron chi connectivity index (χ2n) is 15.1. The van der Waals surface area contributed by atoms with Gasteiger partial charge in [0.05, 0.1) is 18.3 Å². The highest BCUT2D eigenvalue weighted by atomic mass is 16.5. The number of H-pyrrole nitrogens is 1. The Morgan fingerprint density at radius 3 is 2.49 bits per heavy atom. The molecule has 0 bridgehead atoms. The Balaban J connectivity index is 0.864. The van der Waals surface area contributed by atoms with E-state index in [1.165, 1.54) is 16.8 Å². The minimum absolute atomic E-state index is 0.0438. The van der Waals surface area contributed by atoms with E-state index in [4.69, 9.17) is 19.2 Å². The second-order valence-corrected chi connectivity index (χ2v) is 15.1. The lowest BCUT2D eigenvalue weighted by Crippen LogP contribution is -2.47. The molecule has 13 heteroatoms. The molecule has 0 radical (unpaired) electrons. The van der Waals surface area contributed by atoms with Crippen LogP contribution in [0.15, 0.2) is 53.3 Å². The van der Waals surface area contributed by atoms with Gasteiger partial charge in [-0.3, -0.25) is 4.79 Å². The summed E-state index contributed by atoms with van der Waals surface area (Å²) in [6, 6.07) is 11.8. The van der Waals surface area contributed by atoms with Crippen LogP contribution in [0.3, 0.4) is 0 Å². The molecule has 278 valence electrons. The predicted molar refractivity (Wildman–Crippen MR) is 202 cm³/mol. The minimum atomic E-state index is -0.444. The minimum Gasteiger partial charge on any atom is -0.507 e. The summed E-state index contributed by atoms with van der Waals surface area (Å²) in [5.41, 5.74) is 5.63. The molecule has 53 heavy (non-hydrogen) atoms. The largest absolute Gasteiger partial charge is 0.507 e. The highest BCUT2D eigenvalue weighted by molar-refractivity contribution is 5.86.